The number of amides is 1. The average molecular weight is 462 g/mol. The molecule has 1 aromatic heterocycles. The number of nitrogen functional groups attached to an aromatic ring is 1. The van der Waals surface area contributed by atoms with Crippen molar-refractivity contribution in [1.82, 2.24) is 15.1 Å². The maximum absolute atomic E-state index is 12.5. The largest absolute Gasteiger partial charge is 0.397 e. The number of benzene rings is 2. The van der Waals surface area contributed by atoms with Crippen molar-refractivity contribution >= 4 is 34.3 Å². The van der Waals surface area contributed by atoms with Gasteiger partial charge in [0, 0.05) is 55.4 Å². The van der Waals surface area contributed by atoms with E-state index in [0.717, 1.165) is 55.2 Å². The highest BCUT2D eigenvalue weighted by atomic mass is 32.1. The molecule has 7 heteroatoms. The predicted molar refractivity (Wildman–Crippen MR) is 140 cm³/mol. The van der Waals surface area contributed by atoms with Crippen LogP contribution in [0.4, 0.5) is 11.4 Å². The maximum Gasteiger partial charge on any atom is 0.251 e. The van der Waals surface area contributed by atoms with Crippen molar-refractivity contribution in [3.63, 3.8) is 0 Å². The molecule has 1 aliphatic heterocycles. The molecule has 0 saturated carbocycles. The summed E-state index contributed by atoms with van der Waals surface area (Å²) in [5.41, 5.74) is 11.0. The van der Waals surface area contributed by atoms with Gasteiger partial charge in [0.05, 0.1) is 11.4 Å². The van der Waals surface area contributed by atoms with E-state index in [4.69, 9.17) is 5.73 Å². The highest BCUT2D eigenvalue weighted by Gasteiger charge is 2.14. The number of thiophene rings is 1. The van der Waals surface area contributed by atoms with Crippen LogP contribution in [-0.2, 0) is 0 Å². The maximum atomic E-state index is 12.5. The minimum absolute atomic E-state index is 0.0536. The lowest BCUT2D eigenvalue weighted by Gasteiger charge is -2.32. The Morgan fingerprint density at radius 1 is 1.06 bits per heavy atom. The SMILES string of the molecule is C=C(Nc1cc(-c2cccs2)ccc1N)c1ccc(C(=O)NCCN2CCN(C)CC2)cc1. The fourth-order valence-electron chi connectivity index (χ4n) is 3.82. The molecule has 2 aromatic carbocycles. The first-order chi connectivity index (χ1) is 16.0. The first-order valence-electron chi connectivity index (χ1n) is 11.2. The quantitative estimate of drug-likeness (QED) is 0.441. The number of nitrogens with zero attached hydrogens (tertiary/aromatic N) is 2. The molecule has 4 N–H and O–H groups in total. The molecule has 6 nitrogen and oxygen atoms in total. The van der Waals surface area contributed by atoms with Gasteiger partial charge in [-0.1, -0.05) is 30.8 Å². The fraction of sp³-hybridized carbons (Fsp3) is 0.269. The third-order valence-electron chi connectivity index (χ3n) is 5.95. The third-order valence-corrected chi connectivity index (χ3v) is 6.87. The summed E-state index contributed by atoms with van der Waals surface area (Å²) in [4.78, 5) is 18.4. The van der Waals surface area contributed by atoms with E-state index in [-0.39, 0.29) is 5.91 Å². The molecule has 0 radical (unpaired) electrons. The van der Waals surface area contributed by atoms with Crippen LogP contribution < -0.4 is 16.4 Å². The van der Waals surface area contributed by atoms with Crippen LogP contribution in [0.25, 0.3) is 16.1 Å². The van der Waals surface area contributed by atoms with Gasteiger partial charge in [-0.3, -0.25) is 9.69 Å². The highest BCUT2D eigenvalue weighted by molar-refractivity contribution is 7.13. The topological polar surface area (TPSA) is 73.6 Å². The van der Waals surface area contributed by atoms with Gasteiger partial charge in [-0.2, -0.15) is 0 Å². The van der Waals surface area contributed by atoms with Gasteiger partial charge in [0.2, 0.25) is 0 Å². The number of anilines is 2. The van der Waals surface area contributed by atoms with Gasteiger partial charge >= 0.3 is 0 Å². The van der Waals surface area contributed by atoms with Crippen molar-refractivity contribution in [3.8, 4) is 10.4 Å². The number of hydrogen-bond acceptors (Lipinski definition) is 6. The second kappa shape index (κ2) is 10.7. The van der Waals surface area contributed by atoms with E-state index in [0.29, 0.717) is 17.8 Å². The Morgan fingerprint density at radius 2 is 1.79 bits per heavy atom. The van der Waals surface area contributed by atoms with E-state index < -0.39 is 0 Å². The van der Waals surface area contributed by atoms with Crippen molar-refractivity contribution in [3.05, 3.63) is 77.7 Å². The van der Waals surface area contributed by atoms with Crippen LogP contribution >= 0.6 is 11.3 Å². The minimum atomic E-state index is -0.0536. The molecule has 0 bridgehead atoms. The van der Waals surface area contributed by atoms with Crippen molar-refractivity contribution in [1.29, 1.82) is 0 Å². The molecular weight excluding hydrogens is 430 g/mol. The molecule has 2 heterocycles. The number of nitrogens with two attached hydrogens (primary N) is 1. The van der Waals surface area contributed by atoms with Crippen molar-refractivity contribution in [2.45, 2.75) is 0 Å². The molecule has 172 valence electrons. The van der Waals surface area contributed by atoms with Crippen LogP contribution in [0.2, 0.25) is 0 Å². The van der Waals surface area contributed by atoms with Crippen molar-refractivity contribution < 1.29 is 4.79 Å². The lowest BCUT2D eigenvalue weighted by atomic mass is 10.1. The normalized spacial score (nSPS) is 14.7. The first-order valence-corrected chi connectivity index (χ1v) is 12.1. The Labute approximate surface area is 199 Å². The molecule has 1 fully saturated rings. The molecule has 0 unspecified atom stereocenters. The Bertz CT molecular complexity index is 1090. The van der Waals surface area contributed by atoms with E-state index in [1.54, 1.807) is 11.3 Å². The summed E-state index contributed by atoms with van der Waals surface area (Å²) in [5.74, 6) is -0.0536. The number of likely N-dealkylation sites (N-methyl/N-ethyl adjacent to an activating group) is 1. The van der Waals surface area contributed by atoms with Gasteiger partial charge in [-0.05, 0) is 53.9 Å². The van der Waals surface area contributed by atoms with Gasteiger partial charge in [-0.25, -0.2) is 0 Å². The van der Waals surface area contributed by atoms with Crippen molar-refractivity contribution in [2.24, 2.45) is 0 Å². The number of carbonyl (C=O) groups is 1. The number of rotatable bonds is 8. The highest BCUT2D eigenvalue weighted by Crippen LogP contribution is 2.31. The second-order valence-corrected chi connectivity index (χ2v) is 9.31. The molecule has 1 saturated heterocycles. The number of piperazine rings is 1. The van der Waals surface area contributed by atoms with Gasteiger partial charge < -0.3 is 21.3 Å². The predicted octanol–water partition coefficient (Wildman–Crippen LogP) is 4.06. The third kappa shape index (κ3) is 6.01. The molecule has 4 rings (SSSR count). The van der Waals surface area contributed by atoms with Crippen LogP contribution in [0.15, 0.2) is 66.6 Å². The monoisotopic (exact) mass is 461 g/mol. The van der Waals surface area contributed by atoms with E-state index >= 15 is 0 Å². The number of hydrogen-bond donors (Lipinski definition) is 3. The smallest absolute Gasteiger partial charge is 0.251 e. The van der Waals surface area contributed by atoms with E-state index in [9.17, 15) is 4.79 Å². The molecule has 33 heavy (non-hydrogen) atoms. The molecule has 1 amide bonds. The molecular formula is C26H31N5OS. The second-order valence-electron chi connectivity index (χ2n) is 8.36. The van der Waals surface area contributed by atoms with Gasteiger partial charge in [0.25, 0.3) is 5.91 Å². The molecule has 0 aliphatic carbocycles. The van der Waals surface area contributed by atoms with Crippen LogP contribution in [0.1, 0.15) is 15.9 Å². The van der Waals surface area contributed by atoms with Gasteiger partial charge in [0.1, 0.15) is 0 Å². The summed E-state index contributed by atoms with van der Waals surface area (Å²) in [6, 6.07) is 17.6. The van der Waals surface area contributed by atoms with Crippen LogP contribution in [0.3, 0.4) is 0 Å². The van der Waals surface area contributed by atoms with Crippen LogP contribution in [-0.4, -0.2) is 62.0 Å². The molecule has 1 aliphatic rings. The zero-order valence-corrected chi connectivity index (χ0v) is 19.8. The van der Waals surface area contributed by atoms with E-state index in [2.05, 4.69) is 45.5 Å². The summed E-state index contributed by atoms with van der Waals surface area (Å²) in [6.45, 7) is 9.96. The number of nitrogens with one attached hydrogen (secondary N) is 2. The Balaban J connectivity index is 1.32. The zero-order chi connectivity index (χ0) is 23.2. The van der Waals surface area contributed by atoms with Gasteiger partial charge in [0.15, 0.2) is 0 Å². The first kappa shape index (κ1) is 23.0. The van der Waals surface area contributed by atoms with Crippen molar-refractivity contribution in [2.75, 3.05) is 57.4 Å². The minimum Gasteiger partial charge on any atom is -0.397 e. The Morgan fingerprint density at radius 3 is 2.48 bits per heavy atom. The zero-order valence-electron chi connectivity index (χ0n) is 19.0. The van der Waals surface area contributed by atoms with Crippen LogP contribution in [0.5, 0.6) is 0 Å². The lowest BCUT2D eigenvalue weighted by molar-refractivity contribution is 0.0941. The fourth-order valence-corrected chi connectivity index (χ4v) is 4.54. The summed E-state index contributed by atoms with van der Waals surface area (Å²) < 4.78 is 0. The average Bonchev–Trinajstić information content (AvgIpc) is 3.37. The Hall–Kier alpha value is -3.13. The standard InChI is InChI=1S/C26H31N5OS/c1-19(29-24-18-22(9-10-23(24)27)25-4-3-17-33-25)20-5-7-21(8-6-20)26(32)28-11-12-31-15-13-30(2)14-16-31/h3-10,17-18,29H,1,11-16,27H2,2H3,(H,28,32). The summed E-state index contributed by atoms with van der Waals surface area (Å²) in [6.07, 6.45) is 0. The van der Waals surface area contributed by atoms with Gasteiger partial charge in [-0.15, -0.1) is 11.3 Å². The van der Waals surface area contributed by atoms with E-state index in [1.807, 2.05) is 48.5 Å². The summed E-state index contributed by atoms with van der Waals surface area (Å²) >= 11 is 1.69. The Kier molecular flexibility index (Phi) is 7.44. The van der Waals surface area contributed by atoms with Crippen LogP contribution in [0, 0.1) is 0 Å². The molecule has 0 spiro atoms. The summed E-state index contributed by atoms with van der Waals surface area (Å²) in [7, 11) is 2.14. The number of carbonyl (C=O) groups excluding carboxylic acids is 1. The molecule has 3 aromatic rings. The molecule has 0 atom stereocenters. The van der Waals surface area contributed by atoms with E-state index in [1.165, 1.54) is 4.88 Å². The lowest BCUT2D eigenvalue weighted by Crippen LogP contribution is -2.46. The summed E-state index contributed by atoms with van der Waals surface area (Å²) in [5, 5.41) is 8.41.